The number of hydrogen-bond donors (Lipinski definition) is 4. The van der Waals surface area contributed by atoms with Crippen molar-refractivity contribution >= 4 is 57.3 Å². The number of anilines is 4. The number of fused-ring (bicyclic) bond motifs is 1. The van der Waals surface area contributed by atoms with E-state index in [1.165, 1.54) is 6.08 Å². The Morgan fingerprint density at radius 2 is 1.76 bits per heavy atom. The molecule has 0 bridgehead atoms. The molecule has 0 unspecified atom stereocenters. The van der Waals surface area contributed by atoms with E-state index >= 15 is 0 Å². The van der Waals surface area contributed by atoms with E-state index in [-0.39, 0.29) is 11.8 Å². The second-order valence-electron chi connectivity index (χ2n) is 9.98. The van der Waals surface area contributed by atoms with E-state index in [0.717, 1.165) is 27.7 Å². The molecule has 2 aromatic heterocycles. The lowest BCUT2D eigenvalue weighted by atomic mass is 10.1. The first kappa shape index (κ1) is 28.5. The molecule has 10 heteroatoms. The Hall–Kier alpha value is -4.99. The van der Waals surface area contributed by atoms with E-state index in [4.69, 9.17) is 16.6 Å². The number of para-hydroxylation sites is 1. The Kier molecular flexibility index (Phi) is 8.61. The number of likely N-dealkylation sites (N-methyl/N-ethyl adjacent to an activating group) is 1. The zero-order valence-corrected chi connectivity index (χ0v) is 24.2. The molecule has 0 saturated carbocycles. The highest BCUT2D eigenvalue weighted by Gasteiger charge is 2.14. The fraction of sp³-hybridized carbons (Fsp3) is 0.125. The number of carbonyl (C=O) groups excluding carboxylic acids is 2. The third kappa shape index (κ3) is 6.83. The van der Waals surface area contributed by atoms with Crippen molar-refractivity contribution in [2.24, 2.45) is 0 Å². The summed E-state index contributed by atoms with van der Waals surface area (Å²) in [5.41, 5.74) is 5.85. The Morgan fingerprint density at radius 1 is 1.00 bits per heavy atom. The number of halogens is 1. The standard InChI is InChI=1S/C32H30ClN7O2/c1-20-18-35-32(39-30(20)25-19-34-27-8-5-4-7-24(25)27)38-28-17-23(14-15-26(28)33)37-31(42)21-10-12-22(13-11-21)36-29(41)9-6-16-40(2)3/h4-15,17-19,34H,16H2,1-3H3,(H,36,41)(H,37,42)(H,35,38,39)/b9-6+. The van der Waals surface area contributed by atoms with Crippen molar-refractivity contribution in [1.82, 2.24) is 19.9 Å². The van der Waals surface area contributed by atoms with E-state index in [2.05, 4.69) is 25.9 Å². The van der Waals surface area contributed by atoms with Gasteiger partial charge >= 0.3 is 0 Å². The van der Waals surface area contributed by atoms with Crippen LogP contribution in [0, 0.1) is 6.92 Å². The van der Waals surface area contributed by atoms with E-state index in [9.17, 15) is 9.59 Å². The maximum Gasteiger partial charge on any atom is 0.255 e. The number of nitrogens with one attached hydrogen (secondary N) is 4. The average Bonchev–Trinajstić information content (AvgIpc) is 3.40. The van der Waals surface area contributed by atoms with Gasteiger partial charge in [0.05, 0.1) is 16.4 Å². The molecule has 4 N–H and O–H groups in total. The first-order valence-electron chi connectivity index (χ1n) is 13.3. The zero-order chi connectivity index (χ0) is 29.6. The first-order chi connectivity index (χ1) is 20.3. The molecule has 9 nitrogen and oxygen atoms in total. The third-order valence-electron chi connectivity index (χ3n) is 6.44. The average molecular weight is 580 g/mol. The Bertz CT molecular complexity index is 1780. The van der Waals surface area contributed by atoms with Crippen molar-refractivity contribution in [2.45, 2.75) is 6.92 Å². The minimum Gasteiger partial charge on any atom is -0.360 e. The molecule has 2 amide bonds. The van der Waals surface area contributed by atoms with Crippen molar-refractivity contribution in [3.63, 3.8) is 0 Å². The number of aryl methyl sites for hydroxylation is 1. The summed E-state index contributed by atoms with van der Waals surface area (Å²) >= 11 is 6.48. The minimum absolute atomic E-state index is 0.235. The molecule has 5 aromatic rings. The fourth-order valence-electron chi connectivity index (χ4n) is 4.32. The summed E-state index contributed by atoms with van der Waals surface area (Å²) in [6, 6.07) is 19.8. The Balaban J connectivity index is 1.27. The van der Waals surface area contributed by atoms with Gasteiger partial charge in [-0.25, -0.2) is 9.97 Å². The molecule has 0 aliphatic heterocycles. The quantitative estimate of drug-likeness (QED) is 0.146. The molecule has 3 aromatic carbocycles. The summed E-state index contributed by atoms with van der Waals surface area (Å²) < 4.78 is 0. The van der Waals surface area contributed by atoms with Crippen LogP contribution in [0.1, 0.15) is 15.9 Å². The number of amides is 2. The number of nitrogens with zero attached hydrogens (tertiary/aromatic N) is 3. The van der Waals surface area contributed by atoms with Crippen LogP contribution >= 0.6 is 11.6 Å². The zero-order valence-electron chi connectivity index (χ0n) is 23.4. The first-order valence-corrected chi connectivity index (χ1v) is 13.6. The fourth-order valence-corrected chi connectivity index (χ4v) is 4.49. The van der Waals surface area contributed by atoms with Gasteiger partial charge in [-0.15, -0.1) is 0 Å². The van der Waals surface area contributed by atoms with Crippen molar-refractivity contribution in [2.75, 3.05) is 36.6 Å². The van der Waals surface area contributed by atoms with Gasteiger partial charge in [0.1, 0.15) is 0 Å². The van der Waals surface area contributed by atoms with Crippen molar-refractivity contribution in [3.05, 3.63) is 107 Å². The highest BCUT2D eigenvalue weighted by Crippen LogP contribution is 2.32. The smallest absolute Gasteiger partial charge is 0.255 e. The number of rotatable bonds is 9. The molecule has 0 aliphatic carbocycles. The molecule has 0 spiro atoms. The number of carbonyl (C=O) groups is 2. The van der Waals surface area contributed by atoms with Crippen LogP contribution < -0.4 is 16.0 Å². The summed E-state index contributed by atoms with van der Waals surface area (Å²) in [7, 11) is 3.85. The molecule has 0 atom stereocenters. The van der Waals surface area contributed by atoms with Crippen LogP contribution in [0.25, 0.3) is 22.2 Å². The van der Waals surface area contributed by atoms with Crippen molar-refractivity contribution in [3.8, 4) is 11.3 Å². The highest BCUT2D eigenvalue weighted by atomic mass is 35.5. The number of aromatic nitrogens is 3. The van der Waals surface area contributed by atoms with Gasteiger partial charge in [0.25, 0.3) is 5.91 Å². The van der Waals surface area contributed by atoms with Gasteiger partial charge in [0.15, 0.2) is 0 Å². The van der Waals surface area contributed by atoms with Crippen LogP contribution in [0.5, 0.6) is 0 Å². The molecular formula is C32H30ClN7O2. The van der Waals surface area contributed by atoms with Crippen LogP contribution in [0.15, 0.2) is 91.3 Å². The van der Waals surface area contributed by atoms with Gasteiger partial charge in [0, 0.05) is 58.4 Å². The SMILES string of the molecule is Cc1cnc(Nc2cc(NC(=O)c3ccc(NC(=O)/C=C/CN(C)C)cc3)ccc2Cl)nc1-c1c[nH]c2ccccc12. The van der Waals surface area contributed by atoms with Crippen LogP contribution in [0.3, 0.4) is 0 Å². The minimum atomic E-state index is -0.305. The molecule has 42 heavy (non-hydrogen) atoms. The largest absolute Gasteiger partial charge is 0.360 e. The van der Waals surface area contributed by atoms with Gasteiger partial charge in [-0.3, -0.25) is 9.59 Å². The van der Waals surface area contributed by atoms with E-state index in [1.54, 1.807) is 54.7 Å². The predicted molar refractivity (Wildman–Crippen MR) is 170 cm³/mol. The summed E-state index contributed by atoms with van der Waals surface area (Å²) in [6.07, 6.45) is 6.96. The van der Waals surface area contributed by atoms with Gasteiger partial charge in [-0.05, 0) is 75.1 Å². The van der Waals surface area contributed by atoms with E-state index in [1.807, 2.05) is 56.4 Å². The van der Waals surface area contributed by atoms with Crippen molar-refractivity contribution < 1.29 is 9.59 Å². The van der Waals surface area contributed by atoms with Gasteiger partial charge in [0.2, 0.25) is 11.9 Å². The summed E-state index contributed by atoms with van der Waals surface area (Å²) in [4.78, 5) is 39.5. The number of hydrogen-bond acceptors (Lipinski definition) is 6. The van der Waals surface area contributed by atoms with Gasteiger partial charge in [-0.1, -0.05) is 35.9 Å². The van der Waals surface area contributed by atoms with E-state index < -0.39 is 0 Å². The lowest BCUT2D eigenvalue weighted by Crippen LogP contribution is -2.14. The molecule has 212 valence electrons. The van der Waals surface area contributed by atoms with Crippen LogP contribution in [-0.2, 0) is 4.79 Å². The molecule has 0 fully saturated rings. The maximum atomic E-state index is 12.9. The third-order valence-corrected chi connectivity index (χ3v) is 6.77. The summed E-state index contributed by atoms with van der Waals surface area (Å²) in [5, 5.41) is 10.4. The lowest BCUT2D eigenvalue weighted by Gasteiger charge is -2.12. The second kappa shape index (κ2) is 12.7. The molecule has 2 heterocycles. The molecule has 0 saturated heterocycles. The van der Waals surface area contributed by atoms with Crippen LogP contribution in [-0.4, -0.2) is 52.3 Å². The van der Waals surface area contributed by atoms with Crippen molar-refractivity contribution in [1.29, 1.82) is 0 Å². The van der Waals surface area contributed by atoms with Crippen LogP contribution in [0.2, 0.25) is 5.02 Å². The molecule has 0 aliphatic rings. The van der Waals surface area contributed by atoms with E-state index in [0.29, 0.717) is 40.1 Å². The lowest BCUT2D eigenvalue weighted by molar-refractivity contribution is -0.111. The Labute approximate surface area is 248 Å². The topological polar surface area (TPSA) is 115 Å². The van der Waals surface area contributed by atoms with Crippen LogP contribution in [0.4, 0.5) is 23.0 Å². The highest BCUT2D eigenvalue weighted by molar-refractivity contribution is 6.33. The predicted octanol–water partition coefficient (Wildman–Crippen LogP) is 6.64. The molecule has 0 radical (unpaired) electrons. The second-order valence-corrected chi connectivity index (χ2v) is 10.4. The monoisotopic (exact) mass is 579 g/mol. The maximum absolute atomic E-state index is 12.9. The molecular weight excluding hydrogens is 550 g/mol. The summed E-state index contributed by atoms with van der Waals surface area (Å²) in [5.74, 6) is -0.165. The number of H-pyrrole nitrogens is 1. The molecule has 5 rings (SSSR count). The Morgan fingerprint density at radius 3 is 2.55 bits per heavy atom. The van der Waals surface area contributed by atoms with Gasteiger partial charge < -0.3 is 25.8 Å². The summed E-state index contributed by atoms with van der Waals surface area (Å²) in [6.45, 7) is 2.63. The normalized spacial score (nSPS) is 11.3. The number of aromatic amines is 1. The van der Waals surface area contributed by atoms with Gasteiger partial charge in [-0.2, -0.15) is 0 Å². The number of benzene rings is 3.